The molecule has 0 saturated heterocycles. The molecule has 0 amide bonds. The summed E-state index contributed by atoms with van der Waals surface area (Å²) in [6.45, 7) is 6.49. The van der Waals surface area contributed by atoms with Gasteiger partial charge in [-0.15, -0.1) is 0 Å². The molecule has 0 aliphatic heterocycles. The molecule has 2 atom stereocenters. The van der Waals surface area contributed by atoms with Gasteiger partial charge in [0.2, 0.25) is 0 Å². The summed E-state index contributed by atoms with van der Waals surface area (Å²) in [5.41, 5.74) is 2.10. The van der Waals surface area contributed by atoms with E-state index in [0.717, 1.165) is 12.0 Å². The molecule has 4 nitrogen and oxygen atoms in total. The Labute approximate surface area is 120 Å². The number of carboxylic acid groups (broad SMARTS) is 1. The Bertz CT molecular complexity index is 414. The van der Waals surface area contributed by atoms with E-state index in [-0.39, 0.29) is 18.4 Å². The Morgan fingerprint density at radius 2 is 1.85 bits per heavy atom. The largest absolute Gasteiger partial charge is 0.481 e. The van der Waals surface area contributed by atoms with E-state index in [1.807, 2.05) is 38.1 Å². The lowest BCUT2D eigenvalue weighted by molar-refractivity contribution is -0.136. The maximum Gasteiger partial charge on any atom is 0.304 e. The highest BCUT2D eigenvalue weighted by Gasteiger charge is 2.23. The Morgan fingerprint density at radius 3 is 2.30 bits per heavy atom. The van der Waals surface area contributed by atoms with Gasteiger partial charge < -0.3 is 15.5 Å². The number of aliphatic carboxylic acids is 1. The first-order valence-corrected chi connectivity index (χ1v) is 7.17. The molecule has 1 aromatic rings. The summed E-state index contributed by atoms with van der Waals surface area (Å²) < 4.78 is 0. The van der Waals surface area contributed by atoms with Crippen molar-refractivity contribution in [3.8, 4) is 0 Å². The zero-order chi connectivity index (χ0) is 15.1. The molecule has 3 N–H and O–H groups in total. The van der Waals surface area contributed by atoms with Crippen molar-refractivity contribution in [1.82, 2.24) is 5.32 Å². The fraction of sp³-hybridized carbons (Fsp3) is 0.562. The first kappa shape index (κ1) is 16.7. The Morgan fingerprint density at radius 1 is 1.25 bits per heavy atom. The summed E-state index contributed by atoms with van der Waals surface area (Å²) in [6, 6.07) is 7.78. The molecule has 0 saturated carbocycles. The molecule has 4 heteroatoms. The maximum atomic E-state index is 10.6. The van der Waals surface area contributed by atoms with Crippen LogP contribution in [0.3, 0.4) is 0 Å². The maximum absolute atomic E-state index is 10.6. The SMILES string of the molecule is CCc1ccc(C(O)C(NCCC(=O)O)C(C)C)cc1. The van der Waals surface area contributed by atoms with Gasteiger partial charge in [-0.3, -0.25) is 4.79 Å². The van der Waals surface area contributed by atoms with Crippen LogP contribution in [0.15, 0.2) is 24.3 Å². The second-order valence-corrected chi connectivity index (χ2v) is 5.41. The molecular formula is C16H25NO3. The number of carbonyl (C=O) groups is 1. The highest BCUT2D eigenvalue weighted by molar-refractivity contribution is 5.66. The number of benzene rings is 1. The summed E-state index contributed by atoms with van der Waals surface area (Å²) in [6.07, 6.45) is 0.403. The highest BCUT2D eigenvalue weighted by Crippen LogP contribution is 2.22. The van der Waals surface area contributed by atoms with Crippen LogP contribution in [0.2, 0.25) is 0 Å². The summed E-state index contributed by atoms with van der Waals surface area (Å²) >= 11 is 0. The number of aliphatic hydroxyl groups excluding tert-OH is 1. The minimum Gasteiger partial charge on any atom is -0.481 e. The highest BCUT2D eigenvalue weighted by atomic mass is 16.4. The van der Waals surface area contributed by atoms with Crippen molar-refractivity contribution in [2.45, 2.75) is 45.8 Å². The standard InChI is InChI=1S/C16H25NO3/c1-4-12-5-7-13(8-6-12)16(20)15(11(2)3)17-10-9-14(18)19/h5-8,11,15-17,20H,4,9-10H2,1-3H3,(H,18,19). The molecule has 112 valence electrons. The van der Waals surface area contributed by atoms with Gasteiger partial charge in [0.05, 0.1) is 12.5 Å². The Balaban J connectivity index is 2.71. The molecule has 20 heavy (non-hydrogen) atoms. The summed E-state index contributed by atoms with van der Waals surface area (Å²) in [7, 11) is 0. The number of aryl methyl sites for hydroxylation is 1. The second kappa shape index (κ2) is 8.02. The molecule has 0 aromatic heterocycles. The number of aliphatic hydroxyl groups is 1. The van der Waals surface area contributed by atoms with Crippen LogP contribution < -0.4 is 5.32 Å². The predicted octanol–water partition coefficient (Wildman–Crippen LogP) is 2.37. The van der Waals surface area contributed by atoms with Crippen molar-refractivity contribution in [2.24, 2.45) is 5.92 Å². The first-order valence-electron chi connectivity index (χ1n) is 7.17. The Kier molecular flexibility index (Phi) is 6.68. The van der Waals surface area contributed by atoms with E-state index >= 15 is 0 Å². The van der Waals surface area contributed by atoms with Crippen LogP contribution in [0.25, 0.3) is 0 Å². The minimum atomic E-state index is -0.832. The average Bonchev–Trinajstić information content (AvgIpc) is 2.42. The van der Waals surface area contributed by atoms with Gasteiger partial charge in [-0.1, -0.05) is 45.0 Å². The zero-order valence-corrected chi connectivity index (χ0v) is 12.5. The number of hydrogen-bond acceptors (Lipinski definition) is 3. The first-order chi connectivity index (χ1) is 9.45. The third kappa shape index (κ3) is 4.94. The van der Waals surface area contributed by atoms with E-state index in [4.69, 9.17) is 5.11 Å². The van der Waals surface area contributed by atoms with E-state index in [9.17, 15) is 9.90 Å². The van der Waals surface area contributed by atoms with E-state index in [2.05, 4.69) is 12.2 Å². The Hall–Kier alpha value is -1.39. The van der Waals surface area contributed by atoms with Crippen LogP contribution in [0.4, 0.5) is 0 Å². The lowest BCUT2D eigenvalue weighted by Gasteiger charge is -2.28. The third-order valence-electron chi connectivity index (χ3n) is 3.51. The van der Waals surface area contributed by atoms with Crippen molar-refractivity contribution >= 4 is 5.97 Å². The lowest BCUT2D eigenvalue weighted by Crippen LogP contribution is -2.40. The fourth-order valence-electron chi connectivity index (χ4n) is 2.22. The smallest absolute Gasteiger partial charge is 0.304 e. The van der Waals surface area contributed by atoms with E-state index in [0.29, 0.717) is 6.54 Å². The minimum absolute atomic E-state index is 0.0602. The van der Waals surface area contributed by atoms with Gasteiger partial charge in [0.1, 0.15) is 0 Å². The molecule has 0 spiro atoms. The van der Waals surface area contributed by atoms with Crippen molar-refractivity contribution in [1.29, 1.82) is 0 Å². The van der Waals surface area contributed by atoms with Crippen LogP contribution in [0, 0.1) is 5.92 Å². The molecular weight excluding hydrogens is 254 g/mol. The normalized spacial score (nSPS) is 14.2. The molecule has 0 aliphatic rings. The molecule has 0 heterocycles. The van der Waals surface area contributed by atoms with Crippen molar-refractivity contribution < 1.29 is 15.0 Å². The van der Waals surface area contributed by atoms with Gasteiger partial charge in [0.15, 0.2) is 0 Å². The van der Waals surface area contributed by atoms with E-state index in [1.165, 1.54) is 5.56 Å². The average molecular weight is 279 g/mol. The van der Waals surface area contributed by atoms with Gasteiger partial charge in [-0.05, 0) is 23.5 Å². The van der Waals surface area contributed by atoms with Gasteiger partial charge >= 0.3 is 5.97 Å². The van der Waals surface area contributed by atoms with Gasteiger partial charge in [-0.25, -0.2) is 0 Å². The molecule has 0 aliphatic carbocycles. The van der Waals surface area contributed by atoms with Gasteiger partial charge in [-0.2, -0.15) is 0 Å². The van der Waals surface area contributed by atoms with Crippen LogP contribution in [-0.4, -0.2) is 28.8 Å². The van der Waals surface area contributed by atoms with Gasteiger partial charge in [0.25, 0.3) is 0 Å². The molecule has 2 unspecified atom stereocenters. The number of nitrogens with one attached hydrogen (secondary N) is 1. The summed E-state index contributed by atoms with van der Waals surface area (Å²) in [5, 5.41) is 22.3. The second-order valence-electron chi connectivity index (χ2n) is 5.41. The van der Waals surface area contributed by atoms with Crippen molar-refractivity contribution in [2.75, 3.05) is 6.54 Å². The van der Waals surface area contributed by atoms with Crippen LogP contribution in [-0.2, 0) is 11.2 Å². The monoisotopic (exact) mass is 279 g/mol. The summed E-state index contributed by atoms with van der Waals surface area (Å²) in [5.74, 6) is -0.619. The third-order valence-corrected chi connectivity index (χ3v) is 3.51. The van der Waals surface area contributed by atoms with E-state index < -0.39 is 12.1 Å². The predicted molar refractivity (Wildman–Crippen MR) is 79.7 cm³/mol. The molecule has 1 aromatic carbocycles. The number of hydrogen-bond donors (Lipinski definition) is 3. The van der Waals surface area contributed by atoms with Crippen LogP contribution >= 0.6 is 0 Å². The van der Waals surface area contributed by atoms with Crippen LogP contribution in [0.1, 0.15) is 44.4 Å². The molecule has 1 rings (SSSR count). The lowest BCUT2D eigenvalue weighted by atomic mass is 9.92. The summed E-state index contributed by atoms with van der Waals surface area (Å²) in [4.78, 5) is 10.6. The van der Waals surface area contributed by atoms with E-state index in [1.54, 1.807) is 0 Å². The number of rotatable bonds is 8. The molecule has 0 fully saturated rings. The van der Waals surface area contributed by atoms with Crippen molar-refractivity contribution in [3.63, 3.8) is 0 Å². The zero-order valence-electron chi connectivity index (χ0n) is 12.5. The quantitative estimate of drug-likeness (QED) is 0.683. The topological polar surface area (TPSA) is 69.6 Å². The molecule has 0 bridgehead atoms. The number of carboxylic acids is 1. The fourth-order valence-corrected chi connectivity index (χ4v) is 2.22. The molecule has 0 radical (unpaired) electrons. The van der Waals surface area contributed by atoms with Crippen LogP contribution in [0.5, 0.6) is 0 Å². The van der Waals surface area contributed by atoms with Crippen molar-refractivity contribution in [3.05, 3.63) is 35.4 Å². The van der Waals surface area contributed by atoms with Gasteiger partial charge in [0, 0.05) is 12.6 Å².